The number of hydrogen-bond donors (Lipinski definition) is 0. The number of hydrogen-bond acceptors (Lipinski definition) is 1. The Morgan fingerprint density at radius 1 is 1.38 bits per heavy atom. The molecule has 0 aliphatic rings. The molecule has 0 aliphatic carbocycles. The van der Waals surface area contributed by atoms with E-state index in [0.29, 0.717) is 12.5 Å². The maximum atomic E-state index is 5.47. The van der Waals surface area contributed by atoms with E-state index in [1.807, 2.05) is 13.0 Å². The number of benzene rings is 1. The van der Waals surface area contributed by atoms with Crippen LogP contribution in [0.15, 0.2) is 18.2 Å². The van der Waals surface area contributed by atoms with E-state index in [0.717, 1.165) is 18.6 Å². The second-order valence-corrected chi connectivity index (χ2v) is 3.96. The normalized spacial score (nSPS) is 11.9. The first-order chi connectivity index (χ1) is 7.72. The molecule has 0 N–H and O–H groups in total. The van der Waals surface area contributed by atoms with Gasteiger partial charge in [0.05, 0.1) is 6.61 Å². The van der Waals surface area contributed by atoms with Crippen molar-refractivity contribution in [2.45, 2.75) is 39.5 Å². The van der Waals surface area contributed by atoms with Crippen molar-refractivity contribution in [1.82, 2.24) is 0 Å². The Labute approximate surface area is 98.8 Å². The van der Waals surface area contributed by atoms with Crippen molar-refractivity contribution in [3.8, 4) is 18.1 Å². The molecule has 0 radical (unpaired) electrons. The van der Waals surface area contributed by atoms with Crippen LogP contribution in [0.25, 0.3) is 0 Å². The van der Waals surface area contributed by atoms with Gasteiger partial charge in [0.2, 0.25) is 0 Å². The molecule has 1 atom stereocenters. The smallest absolute Gasteiger partial charge is 0.119 e. The van der Waals surface area contributed by atoms with Gasteiger partial charge < -0.3 is 4.74 Å². The fourth-order valence-electron chi connectivity index (χ4n) is 1.98. The van der Waals surface area contributed by atoms with Crippen molar-refractivity contribution < 1.29 is 4.74 Å². The molecule has 0 spiro atoms. The second-order valence-electron chi connectivity index (χ2n) is 3.96. The largest absolute Gasteiger partial charge is 0.494 e. The zero-order valence-electron chi connectivity index (χ0n) is 10.4. The average Bonchev–Trinajstić information content (AvgIpc) is 2.27. The van der Waals surface area contributed by atoms with E-state index < -0.39 is 0 Å². The molecule has 1 unspecified atom stereocenters. The highest BCUT2D eigenvalue weighted by Crippen LogP contribution is 2.28. The van der Waals surface area contributed by atoms with Crippen LogP contribution in [0.3, 0.4) is 0 Å². The van der Waals surface area contributed by atoms with Crippen molar-refractivity contribution >= 4 is 0 Å². The van der Waals surface area contributed by atoms with Crippen molar-refractivity contribution in [3.05, 3.63) is 29.3 Å². The van der Waals surface area contributed by atoms with Gasteiger partial charge in [-0.1, -0.05) is 13.0 Å². The van der Waals surface area contributed by atoms with E-state index in [9.17, 15) is 0 Å². The number of ether oxygens (including phenoxy) is 1. The minimum Gasteiger partial charge on any atom is -0.494 e. The SMILES string of the molecule is C#CCC(CC)c1ccc(OCC)cc1C. The second kappa shape index (κ2) is 6.23. The van der Waals surface area contributed by atoms with Crippen LogP contribution < -0.4 is 4.74 Å². The standard InChI is InChI=1S/C15H20O/c1-5-8-13(6-2)15-10-9-14(16-7-3)11-12(15)4/h1,9-11,13H,6-8H2,2-4H3. The lowest BCUT2D eigenvalue weighted by Crippen LogP contribution is -2.00. The summed E-state index contributed by atoms with van der Waals surface area (Å²) in [6.45, 7) is 7.01. The first-order valence-corrected chi connectivity index (χ1v) is 5.89. The van der Waals surface area contributed by atoms with Crippen molar-refractivity contribution in [3.63, 3.8) is 0 Å². The van der Waals surface area contributed by atoms with E-state index in [1.165, 1.54) is 11.1 Å². The van der Waals surface area contributed by atoms with E-state index in [4.69, 9.17) is 11.2 Å². The summed E-state index contributed by atoms with van der Waals surface area (Å²) in [6.07, 6.45) is 7.29. The van der Waals surface area contributed by atoms with E-state index in [1.54, 1.807) is 0 Å². The van der Waals surface area contributed by atoms with Crippen LogP contribution in [0, 0.1) is 19.3 Å². The Morgan fingerprint density at radius 2 is 2.12 bits per heavy atom. The molecule has 0 saturated carbocycles. The van der Waals surface area contributed by atoms with E-state index >= 15 is 0 Å². The van der Waals surface area contributed by atoms with Gasteiger partial charge in [0, 0.05) is 6.42 Å². The van der Waals surface area contributed by atoms with Gasteiger partial charge in [0.1, 0.15) is 5.75 Å². The van der Waals surface area contributed by atoms with Gasteiger partial charge in [-0.2, -0.15) is 0 Å². The molecule has 0 aliphatic heterocycles. The predicted octanol–water partition coefficient (Wildman–Crippen LogP) is 3.91. The number of terminal acetylenes is 1. The maximum Gasteiger partial charge on any atom is 0.119 e. The number of aryl methyl sites for hydroxylation is 1. The van der Waals surface area contributed by atoms with Gasteiger partial charge in [-0.15, -0.1) is 12.3 Å². The summed E-state index contributed by atoms with van der Waals surface area (Å²) >= 11 is 0. The molecule has 0 amide bonds. The van der Waals surface area contributed by atoms with Gasteiger partial charge in [-0.25, -0.2) is 0 Å². The topological polar surface area (TPSA) is 9.23 Å². The Bertz CT molecular complexity index is 374. The zero-order valence-corrected chi connectivity index (χ0v) is 10.4. The lowest BCUT2D eigenvalue weighted by Gasteiger charge is -2.16. The number of rotatable bonds is 5. The summed E-state index contributed by atoms with van der Waals surface area (Å²) in [5.41, 5.74) is 2.62. The molecule has 0 saturated heterocycles. The van der Waals surface area contributed by atoms with Crippen LogP contribution in [0.5, 0.6) is 5.75 Å². The summed E-state index contributed by atoms with van der Waals surface area (Å²) in [7, 11) is 0. The molecule has 1 rings (SSSR count). The minimum absolute atomic E-state index is 0.473. The zero-order chi connectivity index (χ0) is 12.0. The summed E-state index contributed by atoms with van der Waals surface area (Å²) in [5, 5.41) is 0. The Balaban J connectivity index is 2.93. The molecule has 1 aromatic carbocycles. The molecule has 1 heteroatoms. The maximum absolute atomic E-state index is 5.47. The molecule has 0 heterocycles. The van der Waals surface area contributed by atoms with Gasteiger partial charge in [0.15, 0.2) is 0 Å². The summed E-state index contributed by atoms with van der Waals surface area (Å²) < 4.78 is 5.47. The fourth-order valence-corrected chi connectivity index (χ4v) is 1.98. The van der Waals surface area contributed by atoms with Crippen LogP contribution >= 0.6 is 0 Å². The van der Waals surface area contributed by atoms with E-state index in [2.05, 4.69) is 31.9 Å². The molecule has 1 aromatic rings. The van der Waals surface area contributed by atoms with Crippen LogP contribution in [0.1, 0.15) is 43.7 Å². The van der Waals surface area contributed by atoms with Crippen molar-refractivity contribution in [2.24, 2.45) is 0 Å². The molecule has 0 aromatic heterocycles. The highest BCUT2D eigenvalue weighted by Gasteiger charge is 2.11. The van der Waals surface area contributed by atoms with Crippen LogP contribution in [-0.4, -0.2) is 6.61 Å². The molecule has 86 valence electrons. The molecular weight excluding hydrogens is 196 g/mol. The lowest BCUT2D eigenvalue weighted by molar-refractivity contribution is 0.340. The Morgan fingerprint density at radius 3 is 2.62 bits per heavy atom. The minimum atomic E-state index is 0.473. The van der Waals surface area contributed by atoms with Crippen LogP contribution in [-0.2, 0) is 0 Å². The third-order valence-electron chi connectivity index (χ3n) is 2.85. The quantitative estimate of drug-likeness (QED) is 0.678. The van der Waals surface area contributed by atoms with Crippen molar-refractivity contribution in [1.29, 1.82) is 0 Å². The molecular formula is C15H20O. The third kappa shape index (κ3) is 3.03. The Hall–Kier alpha value is -1.42. The van der Waals surface area contributed by atoms with Crippen molar-refractivity contribution in [2.75, 3.05) is 6.61 Å². The molecule has 0 fully saturated rings. The van der Waals surface area contributed by atoms with Gasteiger partial charge in [0.25, 0.3) is 0 Å². The van der Waals surface area contributed by atoms with Gasteiger partial charge in [-0.05, 0) is 49.4 Å². The average molecular weight is 216 g/mol. The third-order valence-corrected chi connectivity index (χ3v) is 2.85. The predicted molar refractivity (Wildman–Crippen MR) is 68.8 cm³/mol. The first kappa shape index (κ1) is 12.6. The monoisotopic (exact) mass is 216 g/mol. The molecule has 16 heavy (non-hydrogen) atoms. The summed E-state index contributed by atoms with van der Waals surface area (Å²) in [4.78, 5) is 0. The highest BCUT2D eigenvalue weighted by atomic mass is 16.5. The van der Waals surface area contributed by atoms with Gasteiger partial charge >= 0.3 is 0 Å². The fraction of sp³-hybridized carbons (Fsp3) is 0.467. The van der Waals surface area contributed by atoms with Gasteiger partial charge in [-0.3, -0.25) is 0 Å². The first-order valence-electron chi connectivity index (χ1n) is 5.89. The highest BCUT2D eigenvalue weighted by molar-refractivity contribution is 5.37. The summed E-state index contributed by atoms with van der Waals surface area (Å²) in [5.74, 6) is 4.17. The van der Waals surface area contributed by atoms with E-state index in [-0.39, 0.29) is 0 Å². The molecule has 0 bridgehead atoms. The van der Waals surface area contributed by atoms with Crippen LogP contribution in [0.4, 0.5) is 0 Å². The Kier molecular flexibility index (Phi) is 4.92. The van der Waals surface area contributed by atoms with Crippen LogP contribution in [0.2, 0.25) is 0 Å². The lowest BCUT2D eigenvalue weighted by atomic mass is 9.90. The molecule has 1 nitrogen and oxygen atoms in total. The summed E-state index contributed by atoms with van der Waals surface area (Å²) in [6, 6.07) is 6.27.